The number of likely N-dealkylation sites (tertiary alicyclic amines) is 1. The summed E-state index contributed by atoms with van der Waals surface area (Å²) in [5, 5.41) is 19.7. The summed E-state index contributed by atoms with van der Waals surface area (Å²) in [6, 6.07) is 16.4. The van der Waals surface area contributed by atoms with Gasteiger partial charge in [0.25, 0.3) is 0 Å². The van der Waals surface area contributed by atoms with Crippen molar-refractivity contribution in [2.45, 2.75) is 13.0 Å². The second kappa shape index (κ2) is 9.58. The Morgan fingerprint density at radius 2 is 1.66 bits per heavy atom. The van der Waals surface area contributed by atoms with Gasteiger partial charge in [-0.15, -0.1) is 0 Å². The highest BCUT2D eigenvalue weighted by molar-refractivity contribution is 5.95. The topological polar surface area (TPSA) is 62.2 Å². The zero-order valence-electron chi connectivity index (χ0n) is 19.4. The van der Waals surface area contributed by atoms with Gasteiger partial charge >= 0.3 is 0 Å². The van der Waals surface area contributed by atoms with Crippen LogP contribution in [0.4, 0.5) is 8.78 Å². The third-order valence-electron chi connectivity index (χ3n) is 6.63. The van der Waals surface area contributed by atoms with E-state index in [-0.39, 0.29) is 24.1 Å². The van der Waals surface area contributed by atoms with Gasteiger partial charge in [-0.2, -0.15) is 0 Å². The van der Waals surface area contributed by atoms with E-state index in [0.717, 1.165) is 42.4 Å². The van der Waals surface area contributed by atoms with Gasteiger partial charge in [0.05, 0.1) is 6.67 Å². The zero-order chi connectivity index (χ0) is 24.5. The molecule has 2 heterocycles. The predicted molar refractivity (Wildman–Crippen MR) is 130 cm³/mol. The molecule has 3 aromatic rings. The number of fused-ring (bicyclic) bond motifs is 1. The standard InChI is InChI=1S/C28H27F2NO4/c1-17-23-8-4-21(33)13-26(23)35-28(27(17)24-9-5-20(32)12-25(24)30)19-2-6-22(7-3-19)34-11-10-31-15-18(14-29)16-31/h2-9,12-13,18,28,32-33H,10-11,14-16H2,1H3. The second-order valence-corrected chi connectivity index (χ2v) is 9.08. The monoisotopic (exact) mass is 479 g/mol. The molecule has 1 fully saturated rings. The van der Waals surface area contributed by atoms with Crippen molar-refractivity contribution >= 4 is 11.1 Å². The molecule has 0 saturated carbocycles. The molecule has 1 unspecified atom stereocenters. The fourth-order valence-electron chi connectivity index (χ4n) is 4.73. The van der Waals surface area contributed by atoms with Crippen LogP contribution in [-0.2, 0) is 0 Å². The molecular formula is C28H27F2NO4. The van der Waals surface area contributed by atoms with Crippen LogP contribution >= 0.6 is 0 Å². The lowest BCUT2D eigenvalue weighted by Crippen LogP contribution is -2.49. The van der Waals surface area contributed by atoms with E-state index in [1.807, 2.05) is 31.2 Å². The minimum absolute atomic E-state index is 0.0818. The third kappa shape index (κ3) is 4.68. The molecule has 182 valence electrons. The number of hydrogen-bond acceptors (Lipinski definition) is 5. The Hall–Kier alpha value is -3.58. The Labute approximate surface area is 202 Å². The van der Waals surface area contributed by atoms with Crippen LogP contribution in [0.1, 0.15) is 29.7 Å². The number of allylic oxidation sites excluding steroid dienone is 1. The maximum absolute atomic E-state index is 15.0. The maximum atomic E-state index is 15.0. The van der Waals surface area contributed by atoms with Gasteiger partial charge in [-0.3, -0.25) is 9.29 Å². The average Bonchev–Trinajstić information content (AvgIpc) is 2.81. The SMILES string of the molecule is CC1=C(c2ccc(O)cc2F)C(c2ccc(OCCN3CC(CF)C3)cc2)Oc2cc(O)ccc21. The summed E-state index contributed by atoms with van der Waals surface area (Å²) in [5.74, 6) is 0.749. The molecule has 0 radical (unpaired) electrons. The minimum Gasteiger partial charge on any atom is -0.508 e. The van der Waals surface area contributed by atoms with E-state index in [1.165, 1.54) is 6.07 Å². The van der Waals surface area contributed by atoms with E-state index in [9.17, 15) is 19.0 Å². The largest absolute Gasteiger partial charge is 0.508 e. The molecule has 0 aromatic heterocycles. The van der Waals surface area contributed by atoms with Gasteiger partial charge in [0, 0.05) is 54.4 Å². The molecule has 1 atom stereocenters. The molecule has 2 aliphatic rings. The molecule has 0 bridgehead atoms. The van der Waals surface area contributed by atoms with E-state index in [2.05, 4.69) is 4.90 Å². The lowest BCUT2D eigenvalue weighted by Gasteiger charge is -2.37. The number of hydrogen-bond donors (Lipinski definition) is 2. The third-order valence-corrected chi connectivity index (χ3v) is 6.63. The van der Waals surface area contributed by atoms with Crippen molar-refractivity contribution in [1.29, 1.82) is 0 Å². The number of phenols is 2. The van der Waals surface area contributed by atoms with Crippen molar-refractivity contribution in [3.05, 3.63) is 83.2 Å². The number of aromatic hydroxyl groups is 2. The van der Waals surface area contributed by atoms with Crippen LogP contribution in [0, 0.1) is 11.7 Å². The Morgan fingerprint density at radius 1 is 0.971 bits per heavy atom. The number of benzene rings is 3. The molecular weight excluding hydrogens is 452 g/mol. The number of halogens is 2. The van der Waals surface area contributed by atoms with Crippen LogP contribution < -0.4 is 9.47 Å². The summed E-state index contributed by atoms with van der Waals surface area (Å²) in [6.45, 7) is 4.43. The van der Waals surface area contributed by atoms with Crippen molar-refractivity contribution in [2.75, 3.05) is 32.9 Å². The van der Waals surface area contributed by atoms with E-state index in [0.29, 0.717) is 29.2 Å². The first-order valence-corrected chi connectivity index (χ1v) is 11.6. The molecule has 3 aromatic carbocycles. The quantitative estimate of drug-likeness (QED) is 0.463. The maximum Gasteiger partial charge on any atom is 0.150 e. The Kier molecular flexibility index (Phi) is 6.34. The van der Waals surface area contributed by atoms with Crippen LogP contribution in [0.2, 0.25) is 0 Å². The fraction of sp³-hybridized carbons (Fsp3) is 0.286. The second-order valence-electron chi connectivity index (χ2n) is 9.08. The van der Waals surface area contributed by atoms with E-state index >= 15 is 0 Å². The highest BCUT2D eigenvalue weighted by atomic mass is 19.1. The van der Waals surface area contributed by atoms with E-state index in [1.54, 1.807) is 24.3 Å². The van der Waals surface area contributed by atoms with E-state index in [4.69, 9.17) is 9.47 Å². The van der Waals surface area contributed by atoms with Crippen LogP contribution in [0.5, 0.6) is 23.0 Å². The lowest BCUT2D eigenvalue weighted by atomic mass is 9.86. The normalized spacial score (nSPS) is 18.1. The first kappa shape index (κ1) is 23.2. The molecule has 5 nitrogen and oxygen atoms in total. The first-order chi connectivity index (χ1) is 16.9. The number of nitrogens with zero attached hydrogens (tertiary/aromatic N) is 1. The van der Waals surface area contributed by atoms with Crippen molar-refractivity contribution < 1.29 is 28.5 Å². The summed E-state index contributed by atoms with van der Waals surface area (Å²) in [5.41, 5.74) is 3.37. The van der Waals surface area contributed by atoms with Gasteiger partial charge in [-0.1, -0.05) is 12.1 Å². The van der Waals surface area contributed by atoms with Crippen molar-refractivity contribution in [1.82, 2.24) is 4.90 Å². The molecule has 0 aliphatic carbocycles. The van der Waals surface area contributed by atoms with Crippen LogP contribution in [0.25, 0.3) is 11.1 Å². The predicted octanol–water partition coefficient (Wildman–Crippen LogP) is 5.58. The Morgan fingerprint density at radius 3 is 2.34 bits per heavy atom. The molecule has 0 spiro atoms. The highest BCUT2D eigenvalue weighted by Crippen LogP contribution is 2.48. The first-order valence-electron chi connectivity index (χ1n) is 11.6. The average molecular weight is 480 g/mol. The van der Waals surface area contributed by atoms with E-state index < -0.39 is 11.9 Å². The number of alkyl halides is 1. The molecule has 5 rings (SSSR count). The molecule has 7 heteroatoms. The summed E-state index contributed by atoms with van der Waals surface area (Å²) < 4.78 is 39.7. The van der Waals surface area contributed by atoms with Gasteiger partial charge in [0.1, 0.15) is 41.5 Å². The van der Waals surface area contributed by atoms with Crippen molar-refractivity contribution in [2.24, 2.45) is 5.92 Å². The molecule has 1 saturated heterocycles. The summed E-state index contributed by atoms with van der Waals surface area (Å²) in [7, 11) is 0. The van der Waals surface area contributed by atoms with Crippen molar-refractivity contribution in [3.63, 3.8) is 0 Å². The van der Waals surface area contributed by atoms with Crippen LogP contribution in [0.3, 0.4) is 0 Å². The van der Waals surface area contributed by atoms with Crippen LogP contribution in [0.15, 0.2) is 60.7 Å². The summed E-state index contributed by atoms with van der Waals surface area (Å²) >= 11 is 0. The fourth-order valence-corrected chi connectivity index (χ4v) is 4.73. The number of rotatable bonds is 7. The van der Waals surface area contributed by atoms with Gasteiger partial charge in [-0.25, -0.2) is 4.39 Å². The van der Waals surface area contributed by atoms with Gasteiger partial charge in [0.2, 0.25) is 0 Å². The van der Waals surface area contributed by atoms with Gasteiger partial charge in [0.15, 0.2) is 0 Å². The number of phenolic OH excluding ortho intramolecular Hbond substituents is 2. The number of ether oxygens (including phenoxy) is 2. The highest BCUT2D eigenvalue weighted by Gasteiger charge is 2.31. The van der Waals surface area contributed by atoms with Crippen LogP contribution in [-0.4, -0.2) is 48.0 Å². The lowest BCUT2D eigenvalue weighted by molar-refractivity contribution is 0.0668. The Bertz CT molecular complexity index is 1250. The summed E-state index contributed by atoms with van der Waals surface area (Å²) in [4.78, 5) is 2.16. The molecule has 2 N–H and O–H groups in total. The summed E-state index contributed by atoms with van der Waals surface area (Å²) in [6.07, 6.45) is -0.629. The smallest absolute Gasteiger partial charge is 0.150 e. The molecule has 2 aliphatic heterocycles. The zero-order valence-corrected chi connectivity index (χ0v) is 19.4. The molecule has 35 heavy (non-hydrogen) atoms. The molecule has 0 amide bonds. The van der Waals surface area contributed by atoms with Crippen molar-refractivity contribution in [3.8, 4) is 23.0 Å². The van der Waals surface area contributed by atoms with Gasteiger partial charge in [-0.05, 0) is 54.5 Å². The minimum atomic E-state index is -0.629. The van der Waals surface area contributed by atoms with Gasteiger partial charge < -0.3 is 19.7 Å². The Balaban J connectivity index is 1.40.